The molecule has 5 heteroatoms. The first-order chi connectivity index (χ1) is 12.1. The number of hydrogen-bond donors (Lipinski definition) is 1. The summed E-state index contributed by atoms with van der Waals surface area (Å²) in [4.78, 5) is 6.04. The summed E-state index contributed by atoms with van der Waals surface area (Å²) in [5.41, 5.74) is 7.51. The molecule has 0 saturated carbocycles. The van der Waals surface area contributed by atoms with Gasteiger partial charge in [0, 0.05) is 48.5 Å². The van der Waals surface area contributed by atoms with Crippen LogP contribution < -0.4 is 0 Å². The van der Waals surface area contributed by atoms with E-state index < -0.39 is 0 Å². The van der Waals surface area contributed by atoms with Gasteiger partial charge in [-0.25, -0.2) is 0 Å². The Labute approximate surface area is 148 Å². The predicted octanol–water partition coefficient (Wildman–Crippen LogP) is 3.25. The van der Waals surface area contributed by atoms with Gasteiger partial charge in [0.1, 0.15) is 0 Å². The van der Waals surface area contributed by atoms with Crippen molar-refractivity contribution in [1.82, 2.24) is 19.7 Å². The van der Waals surface area contributed by atoms with Crippen LogP contribution in [0.1, 0.15) is 34.1 Å². The van der Waals surface area contributed by atoms with Crippen molar-refractivity contribution in [3.8, 4) is 0 Å². The lowest BCUT2D eigenvalue weighted by Crippen LogP contribution is -2.39. The summed E-state index contributed by atoms with van der Waals surface area (Å²) in [7, 11) is 2.03. The van der Waals surface area contributed by atoms with Crippen molar-refractivity contribution >= 4 is 10.9 Å². The number of hydrogen-bond acceptors (Lipinski definition) is 3. The first-order valence-electron chi connectivity index (χ1n) is 8.96. The molecule has 1 fully saturated rings. The summed E-state index contributed by atoms with van der Waals surface area (Å²) in [5, 5.41) is 5.99. The number of aryl methyl sites for hydroxylation is 3. The van der Waals surface area contributed by atoms with Gasteiger partial charge in [0.15, 0.2) is 0 Å². The highest BCUT2D eigenvalue weighted by atomic mass is 16.5. The number of para-hydroxylation sites is 1. The molecule has 0 spiro atoms. The average molecular weight is 338 g/mol. The van der Waals surface area contributed by atoms with Crippen LogP contribution in [0, 0.1) is 20.8 Å². The van der Waals surface area contributed by atoms with Crippen molar-refractivity contribution in [3.05, 3.63) is 52.5 Å². The van der Waals surface area contributed by atoms with Crippen molar-refractivity contribution in [2.75, 3.05) is 26.3 Å². The normalized spacial score (nSPS) is 17.3. The number of fused-ring (bicyclic) bond motifs is 1. The molecule has 5 nitrogen and oxygen atoms in total. The fraction of sp³-hybridized carbons (Fsp3) is 0.450. The van der Waals surface area contributed by atoms with Crippen LogP contribution in [0.2, 0.25) is 0 Å². The molecule has 3 aromatic rings. The molecule has 1 aliphatic rings. The molecule has 1 aromatic carbocycles. The Kier molecular flexibility index (Phi) is 4.13. The molecule has 0 radical (unpaired) electrons. The van der Waals surface area contributed by atoms with Gasteiger partial charge in [-0.2, -0.15) is 5.10 Å². The second kappa shape index (κ2) is 6.32. The van der Waals surface area contributed by atoms with E-state index in [1.54, 1.807) is 0 Å². The Morgan fingerprint density at radius 3 is 2.60 bits per heavy atom. The summed E-state index contributed by atoms with van der Waals surface area (Å²) in [6, 6.07) is 6.73. The van der Waals surface area contributed by atoms with E-state index in [-0.39, 0.29) is 6.04 Å². The summed E-state index contributed by atoms with van der Waals surface area (Å²) in [6.07, 6.45) is 2.18. The maximum Gasteiger partial charge on any atom is 0.0661 e. The van der Waals surface area contributed by atoms with Crippen LogP contribution in [0.4, 0.5) is 0 Å². The van der Waals surface area contributed by atoms with E-state index in [0.717, 1.165) is 32.0 Å². The van der Waals surface area contributed by atoms with Crippen LogP contribution in [0.25, 0.3) is 10.9 Å². The molecule has 2 aromatic heterocycles. The van der Waals surface area contributed by atoms with Crippen molar-refractivity contribution in [2.45, 2.75) is 26.8 Å². The highest BCUT2D eigenvalue weighted by Gasteiger charge is 2.30. The molecule has 1 atom stereocenters. The number of nitrogens with one attached hydrogen (secondary N) is 1. The lowest BCUT2D eigenvalue weighted by atomic mass is 9.94. The van der Waals surface area contributed by atoms with Gasteiger partial charge in [0.05, 0.1) is 24.9 Å². The van der Waals surface area contributed by atoms with Crippen LogP contribution in [0.3, 0.4) is 0 Å². The summed E-state index contributed by atoms with van der Waals surface area (Å²) >= 11 is 0. The SMILES string of the molecule is Cc1nn(C)c(C)c1C(c1c[nH]c2c(C)cccc12)N1CCOCC1. The fourth-order valence-electron chi connectivity index (χ4n) is 4.11. The van der Waals surface area contributed by atoms with Crippen LogP contribution in [-0.2, 0) is 11.8 Å². The molecule has 25 heavy (non-hydrogen) atoms. The molecule has 1 saturated heterocycles. The maximum atomic E-state index is 5.61. The molecule has 132 valence electrons. The van der Waals surface area contributed by atoms with Gasteiger partial charge < -0.3 is 9.72 Å². The van der Waals surface area contributed by atoms with E-state index in [0.29, 0.717) is 0 Å². The zero-order valence-corrected chi connectivity index (χ0v) is 15.5. The first kappa shape index (κ1) is 16.4. The molecule has 1 unspecified atom stereocenters. The molecular weight excluding hydrogens is 312 g/mol. The standard InChI is InChI=1S/C20H26N4O/c1-13-6-5-7-16-17(12-21-19(13)16)20(24-8-10-25-11-9-24)18-14(2)22-23(4)15(18)3/h5-7,12,20-21H,8-11H2,1-4H3. The Hall–Kier alpha value is -2.11. The number of morpholine rings is 1. The maximum absolute atomic E-state index is 5.61. The number of benzene rings is 1. The van der Waals surface area contributed by atoms with Gasteiger partial charge in [-0.3, -0.25) is 9.58 Å². The van der Waals surface area contributed by atoms with E-state index in [9.17, 15) is 0 Å². The first-order valence-corrected chi connectivity index (χ1v) is 8.96. The zero-order chi connectivity index (χ0) is 17.6. The third kappa shape index (κ3) is 2.68. The van der Waals surface area contributed by atoms with E-state index in [4.69, 9.17) is 4.74 Å². The fourth-order valence-corrected chi connectivity index (χ4v) is 4.11. The molecule has 1 N–H and O–H groups in total. The van der Waals surface area contributed by atoms with Crippen LogP contribution in [0.5, 0.6) is 0 Å². The highest BCUT2D eigenvalue weighted by Crippen LogP contribution is 2.37. The molecule has 0 aliphatic carbocycles. The number of nitrogens with zero attached hydrogens (tertiary/aromatic N) is 3. The third-order valence-electron chi connectivity index (χ3n) is 5.50. The van der Waals surface area contributed by atoms with Gasteiger partial charge in [-0.15, -0.1) is 0 Å². The van der Waals surface area contributed by atoms with E-state index in [1.165, 1.54) is 33.3 Å². The number of H-pyrrole nitrogens is 1. The Bertz CT molecular complexity index is 902. The van der Waals surface area contributed by atoms with E-state index in [2.05, 4.69) is 60.1 Å². The van der Waals surface area contributed by atoms with Crippen molar-refractivity contribution < 1.29 is 4.74 Å². The Morgan fingerprint density at radius 1 is 1.16 bits per heavy atom. The summed E-state index contributed by atoms with van der Waals surface area (Å²) < 4.78 is 7.60. The lowest BCUT2D eigenvalue weighted by molar-refractivity contribution is 0.0240. The van der Waals surface area contributed by atoms with Gasteiger partial charge in [0.25, 0.3) is 0 Å². The van der Waals surface area contributed by atoms with Gasteiger partial charge in [-0.05, 0) is 31.9 Å². The van der Waals surface area contributed by atoms with Gasteiger partial charge in [0.2, 0.25) is 0 Å². The molecule has 0 bridgehead atoms. The second-order valence-corrected chi connectivity index (χ2v) is 7.00. The monoisotopic (exact) mass is 338 g/mol. The average Bonchev–Trinajstić information content (AvgIpc) is 3.14. The minimum absolute atomic E-state index is 0.202. The Morgan fingerprint density at radius 2 is 1.92 bits per heavy atom. The topological polar surface area (TPSA) is 46.1 Å². The number of ether oxygens (including phenoxy) is 1. The van der Waals surface area contributed by atoms with Crippen LogP contribution in [0.15, 0.2) is 24.4 Å². The Balaban J connectivity index is 1.92. The zero-order valence-electron chi connectivity index (χ0n) is 15.5. The number of aromatic amines is 1. The van der Waals surface area contributed by atoms with Crippen molar-refractivity contribution in [1.29, 1.82) is 0 Å². The van der Waals surface area contributed by atoms with Crippen molar-refractivity contribution in [2.24, 2.45) is 7.05 Å². The lowest BCUT2D eigenvalue weighted by Gasteiger charge is -2.35. The number of aromatic nitrogens is 3. The third-order valence-corrected chi connectivity index (χ3v) is 5.50. The van der Waals surface area contributed by atoms with Crippen LogP contribution >= 0.6 is 0 Å². The molecule has 1 aliphatic heterocycles. The van der Waals surface area contributed by atoms with E-state index >= 15 is 0 Å². The van der Waals surface area contributed by atoms with Crippen LogP contribution in [-0.4, -0.2) is 46.0 Å². The van der Waals surface area contributed by atoms with Gasteiger partial charge >= 0.3 is 0 Å². The van der Waals surface area contributed by atoms with Gasteiger partial charge in [-0.1, -0.05) is 18.2 Å². The molecule has 0 amide bonds. The summed E-state index contributed by atoms with van der Waals surface area (Å²) in [6.45, 7) is 9.91. The molecule has 3 heterocycles. The van der Waals surface area contributed by atoms with Crippen molar-refractivity contribution in [3.63, 3.8) is 0 Å². The largest absolute Gasteiger partial charge is 0.379 e. The minimum atomic E-state index is 0.202. The predicted molar refractivity (Wildman–Crippen MR) is 100.0 cm³/mol. The van der Waals surface area contributed by atoms with E-state index in [1.807, 2.05) is 11.7 Å². The molecular formula is C20H26N4O. The smallest absolute Gasteiger partial charge is 0.0661 e. The molecule has 4 rings (SSSR count). The summed E-state index contributed by atoms with van der Waals surface area (Å²) in [5.74, 6) is 0. The minimum Gasteiger partial charge on any atom is -0.379 e. The number of rotatable bonds is 3. The second-order valence-electron chi connectivity index (χ2n) is 7.00. The quantitative estimate of drug-likeness (QED) is 0.797. The highest BCUT2D eigenvalue weighted by molar-refractivity contribution is 5.86.